The van der Waals surface area contributed by atoms with Crippen LogP contribution in [-0.2, 0) is 5.75 Å². The van der Waals surface area contributed by atoms with Crippen molar-refractivity contribution in [1.29, 1.82) is 0 Å². The molecule has 0 N–H and O–H groups in total. The molecule has 0 atom stereocenters. The highest BCUT2D eigenvalue weighted by molar-refractivity contribution is 7.98. The molecule has 0 radical (unpaired) electrons. The second-order valence-electron chi connectivity index (χ2n) is 7.59. The number of halogens is 1. The summed E-state index contributed by atoms with van der Waals surface area (Å²) < 4.78 is 7.95. The fourth-order valence-corrected chi connectivity index (χ4v) is 4.34. The van der Waals surface area contributed by atoms with E-state index >= 15 is 0 Å². The molecule has 0 amide bonds. The monoisotopic (exact) mass is 473 g/mol. The van der Waals surface area contributed by atoms with Crippen molar-refractivity contribution in [3.8, 4) is 28.5 Å². The molecule has 33 heavy (non-hydrogen) atoms. The Hall–Kier alpha value is -3.42. The van der Waals surface area contributed by atoms with Gasteiger partial charge in [0.1, 0.15) is 0 Å². The van der Waals surface area contributed by atoms with E-state index in [9.17, 15) is 0 Å². The van der Waals surface area contributed by atoms with E-state index in [4.69, 9.17) is 16.0 Å². The molecule has 6 nitrogen and oxygen atoms in total. The average Bonchev–Trinajstić information content (AvgIpc) is 3.46. The van der Waals surface area contributed by atoms with Gasteiger partial charge >= 0.3 is 0 Å². The van der Waals surface area contributed by atoms with Crippen LogP contribution in [0, 0.1) is 13.8 Å². The second-order valence-corrected chi connectivity index (χ2v) is 8.97. The quantitative estimate of drug-likeness (QED) is 0.260. The van der Waals surface area contributed by atoms with Gasteiger partial charge in [0.2, 0.25) is 11.8 Å². The predicted molar refractivity (Wildman–Crippen MR) is 131 cm³/mol. The summed E-state index contributed by atoms with van der Waals surface area (Å²) in [6.07, 6.45) is 0. The van der Waals surface area contributed by atoms with Crippen molar-refractivity contribution in [2.75, 3.05) is 0 Å². The zero-order valence-electron chi connectivity index (χ0n) is 18.1. The molecule has 2 heterocycles. The van der Waals surface area contributed by atoms with Crippen LogP contribution in [0.5, 0.6) is 0 Å². The van der Waals surface area contributed by atoms with Crippen LogP contribution in [0.4, 0.5) is 0 Å². The summed E-state index contributed by atoms with van der Waals surface area (Å²) in [7, 11) is 0. The van der Waals surface area contributed by atoms with Crippen molar-refractivity contribution in [2.45, 2.75) is 24.8 Å². The fraction of sp³-hybridized carbons (Fsp3) is 0.120. The first-order valence-electron chi connectivity index (χ1n) is 10.4. The Kier molecular flexibility index (Phi) is 5.98. The SMILES string of the molecule is Cc1ccc(-c2nnc(CSc3nnc(-c4ccc(Cl)cc4)n3-c3ccccc3C)o2)cc1. The van der Waals surface area contributed by atoms with E-state index in [1.807, 2.05) is 67.6 Å². The maximum absolute atomic E-state index is 6.09. The van der Waals surface area contributed by atoms with Crippen LogP contribution < -0.4 is 0 Å². The third kappa shape index (κ3) is 4.55. The molecular formula is C25H20ClN5OS. The van der Waals surface area contributed by atoms with Gasteiger partial charge in [0.25, 0.3) is 0 Å². The van der Waals surface area contributed by atoms with E-state index in [1.54, 1.807) is 0 Å². The summed E-state index contributed by atoms with van der Waals surface area (Å²) in [4.78, 5) is 0. The normalized spacial score (nSPS) is 11.1. The highest BCUT2D eigenvalue weighted by Gasteiger charge is 2.19. The van der Waals surface area contributed by atoms with E-state index in [0.717, 1.165) is 33.4 Å². The minimum atomic E-state index is 0.476. The van der Waals surface area contributed by atoms with Gasteiger partial charge in [-0.05, 0) is 61.9 Å². The van der Waals surface area contributed by atoms with Crippen molar-refractivity contribution in [2.24, 2.45) is 0 Å². The van der Waals surface area contributed by atoms with Crippen molar-refractivity contribution in [3.63, 3.8) is 0 Å². The molecule has 0 aliphatic carbocycles. The Morgan fingerprint density at radius 2 is 1.55 bits per heavy atom. The van der Waals surface area contributed by atoms with Gasteiger partial charge in [-0.15, -0.1) is 20.4 Å². The molecule has 0 aliphatic heterocycles. The highest BCUT2D eigenvalue weighted by Crippen LogP contribution is 2.31. The number of benzene rings is 3. The number of aromatic nitrogens is 5. The average molecular weight is 474 g/mol. The zero-order valence-corrected chi connectivity index (χ0v) is 19.6. The summed E-state index contributed by atoms with van der Waals surface area (Å²) in [5, 5.41) is 18.8. The Morgan fingerprint density at radius 3 is 2.30 bits per heavy atom. The molecule has 0 spiro atoms. The molecule has 0 aliphatic rings. The van der Waals surface area contributed by atoms with Gasteiger partial charge < -0.3 is 4.42 Å². The highest BCUT2D eigenvalue weighted by atomic mass is 35.5. The lowest BCUT2D eigenvalue weighted by Crippen LogP contribution is -2.02. The predicted octanol–water partition coefficient (Wildman–Crippen LogP) is 6.55. The molecule has 0 unspecified atom stereocenters. The van der Waals surface area contributed by atoms with Crippen LogP contribution in [0.2, 0.25) is 5.02 Å². The smallest absolute Gasteiger partial charge is 0.247 e. The van der Waals surface area contributed by atoms with Gasteiger partial charge in [-0.1, -0.05) is 59.3 Å². The van der Waals surface area contributed by atoms with Gasteiger partial charge in [-0.3, -0.25) is 4.57 Å². The van der Waals surface area contributed by atoms with Crippen molar-refractivity contribution < 1.29 is 4.42 Å². The third-order valence-corrected chi connectivity index (χ3v) is 6.35. The van der Waals surface area contributed by atoms with Gasteiger partial charge in [0.15, 0.2) is 11.0 Å². The summed E-state index contributed by atoms with van der Waals surface area (Å²) >= 11 is 7.59. The lowest BCUT2D eigenvalue weighted by Gasteiger charge is -2.12. The van der Waals surface area contributed by atoms with Crippen LogP contribution in [-0.4, -0.2) is 25.0 Å². The molecule has 0 fully saturated rings. The van der Waals surface area contributed by atoms with Gasteiger partial charge in [0, 0.05) is 16.1 Å². The minimum absolute atomic E-state index is 0.476. The molecule has 5 rings (SSSR count). The van der Waals surface area contributed by atoms with Gasteiger partial charge in [-0.2, -0.15) is 0 Å². The Balaban J connectivity index is 1.46. The first-order chi connectivity index (χ1) is 16.1. The lowest BCUT2D eigenvalue weighted by atomic mass is 10.1. The van der Waals surface area contributed by atoms with E-state index in [-0.39, 0.29) is 0 Å². The number of rotatable bonds is 6. The van der Waals surface area contributed by atoms with Crippen molar-refractivity contribution >= 4 is 23.4 Å². The van der Waals surface area contributed by atoms with Crippen molar-refractivity contribution in [1.82, 2.24) is 25.0 Å². The summed E-state index contributed by atoms with van der Waals surface area (Å²) in [6, 6.07) is 23.8. The first-order valence-corrected chi connectivity index (χ1v) is 11.7. The number of thioether (sulfide) groups is 1. The van der Waals surface area contributed by atoms with E-state index in [0.29, 0.717) is 22.6 Å². The molecule has 8 heteroatoms. The second kappa shape index (κ2) is 9.21. The number of hydrogen-bond acceptors (Lipinski definition) is 6. The van der Waals surface area contributed by atoms with Gasteiger partial charge in [-0.25, -0.2) is 0 Å². The molecule has 0 saturated carbocycles. The number of hydrogen-bond donors (Lipinski definition) is 0. The third-order valence-electron chi connectivity index (χ3n) is 5.18. The van der Waals surface area contributed by atoms with E-state index in [2.05, 4.69) is 44.0 Å². The maximum atomic E-state index is 6.09. The van der Waals surface area contributed by atoms with Crippen LogP contribution in [0.25, 0.3) is 28.5 Å². The Bertz CT molecular complexity index is 1390. The van der Waals surface area contributed by atoms with Crippen molar-refractivity contribution in [3.05, 3.63) is 94.8 Å². The Morgan fingerprint density at radius 1 is 0.818 bits per heavy atom. The van der Waals surface area contributed by atoms with Gasteiger partial charge in [0.05, 0.1) is 11.4 Å². The summed E-state index contributed by atoms with van der Waals surface area (Å²) in [5.74, 6) is 2.26. The zero-order chi connectivity index (χ0) is 22.8. The summed E-state index contributed by atoms with van der Waals surface area (Å²) in [6.45, 7) is 4.11. The van der Waals surface area contributed by atoms with E-state index < -0.39 is 0 Å². The topological polar surface area (TPSA) is 69.6 Å². The number of nitrogens with zero attached hydrogens (tertiary/aromatic N) is 5. The van der Waals surface area contributed by atoms with Crippen LogP contribution >= 0.6 is 23.4 Å². The lowest BCUT2D eigenvalue weighted by molar-refractivity contribution is 0.528. The van der Waals surface area contributed by atoms with Crippen LogP contribution in [0.3, 0.4) is 0 Å². The molecule has 5 aromatic rings. The van der Waals surface area contributed by atoms with Crippen LogP contribution in [0.15, 0.2) is 82.4 Å². The fourth-order valence-electron chi connectivity index (χ4n) is 3.43. The molecule has 2 aromatic heterocycles. The minimum Gasteiger partial charge on any atom is -0.420 e. The molecule has 0 saturated heterocycles. The largest absolute Gasteiger partial charge is 0.420 e. The first kappa shape index (κ1) is 21.4. The molecule has 164 valence electrons. The molecule has 0 bridgehead atoms. The number of para-hydroxylation sites is 1. The standard InChI is InChI=1S/C25H20ClN5OS/c1-16-7-9-19(10-8-16)24-29-27-22(32-24)15-33-25-30-28-23(18-11-13-20(26)14-12-18)31(25)21-6-4-3-5-17(21)2/h3-14H,15H2,1-2H3. The summed E-state index contributed by atoms with van der Waals surface area (Å²) in [5.41, 5.74) is 5.15. The molecule has 3 aromatic carbocycles. The Labute approximate surface area is 200 Å². The maximum Gasteiger partial charge on any atom is 0.247 e. The number of aryl methyl sites for hydroxylation is 2. The van der Waals surface area contributed by atoms with Crippen LogP contribution in [0.1, 0.15) is 17.0 Å². The molecular weight excluding hydrogens is 454 g/mol. The van der Waals surface area contributed by atoms with E-state index in [1.165, 1.54) is 17.3 Å².